The molecule has 1 aliphatic carbocycles. The van der Waals surface area contributed by atoms with Crippen LogP contribution in [0.4, 0.5) is 0 Å². The molecule has 3 N–H and O–H groups in total. The molecule has 7 nitrogen and oxygen atoms in total. The molecule has 1 aromatic rings. The number of rotatable bonds is 7. The summed E-state index contributed by atoms with van der Waals surface area (Å²) in [5.41, 5.74) is -0.931. The van der Waals surface area contributed by atoms with Crippen molar-refractivity contribution in [1.82, 2.24) is 15.4 Å². The van der Waals surface area contributed by atoms with Gasteiger partial charge in [0.05, 0.1) is 6.54 Å². The van der Waals surface area contributed by atoms with Gasteiger partial charge in [-0.3, -0.25) is 9.59 Å². The number of thiophene rings is 1. The summed E-state index contributed by atoms with van der Waals surface area (Å²) in [6.07, 6.45) is 3.89. The maximum absolute atomic E-state index is 12.4. The molecule has 24 heavy (non-hydrogen) atoms. The lowest BCUT2D eigenvalue weighted by Crippen LogP contribution is -2.61. The highest BCUT2D eigenvalue weighted by atomic mass is 32.2. The Morgan fingerprint density at radius 1 is 1.25 bits per heavy atom. The lowest BCUT2D eigenvalue weighted by Gasteiger charge is -2.36. The van der Waals surface area contributed by atoms with Crippen molar-refractivity contribution >= 4 is 33.2 Å². The number of carbonyl (C=O) groups excluding carboxylic acids is 2. The second-order valence-electron chi connectivity index (χ2n) is 5.81. The van der Waals surface area contributed by atoms with Gasteiger partial charge >= 0.3 is 0 Å². The van der Waals surface area contributed by atoms with Crippen LogP contribution in [0, 0.1) is 0 Å². The van der Waals surface area contributed by atoms with Crippen LogP contribution in [0.2, 0.25) is 0 Å². The monoisotopic (exact) mass is 373 g/mol. The summed E-state index contributed by atoms with van der Waals surface area (Å²) in [7, 11) is -3.70. The first-order valence-electron chi connectivity index (χ1n) is 8.02. The largest absolute Gasteiger partial charge is 0.354 e. The molecule has 1 fully saturated rings. The second-order valence-corrected chi connectivity index (χ2v) is 8.75. The van der Waals surface area contributed by atoms with Crippen LogP contribution in [0.3, 0.4) is 0 Å². The normalized spacial score (nSPS) is 17.2. The number of likely N-dealkylation sites (N-methyl/N-ethyl adjacent to an activating group) is 1. The Morgan fingerprint density at radius 3 is 2.54 bits per heavy atom. The van der Waals surface area contributed by atoms with Crippen LogP contribution < -0.4 is 15.4 Å². The van der Waals surface area contributed by atoms with E-state index in [-0.39, 0.29) is 16.7 Å². The predicted molar refractivity (Wildman–Crippen MR) is 92.1 cm³/mol. The van der Waals surface area contributed by atoms with Crippen molar-refractivity contribution < 1.29 is 18.0 Å². The molecule has 0 saturated heterocycles. The van der Waals surface area contributed by atoms with E-state index in [0.29, 0.717) is 19.4 Å². The number of sulfonamides is 1. The quantitative estimate of drug-likeness (QED) is 0.663. The number of amides is 2. The molecule has 1 saturated carbocycles. The molecule has 0 radical (unpaired) electrons. The predicted octanol–water partition coefficient (Wildman–Crippen LogP) is 0.982. The highest BCUT2D eigenvalue weighted by Crippen LogP contribution is 2.28. The minimum Gasteiger partial charge on any atom is -0.354 e. The standard InChI is InChI=1S/C15H23N3O4S2/c1-2-16-14(20)15(8-4-3-5-9-15)18-12(19)11-17-24(21,22)13-7-6-10-23-13/h6-7,10,17H,2-5,8-9,11H2,1H3,(H,16,20)(H,18,19). The van der Waals surface area contributed by atoms with Crippen LogP contribution in [0.1, 0.15) is 39.0 Å². The summed E-state index contributed by atoms with van der Waals surface area (Å²) in [5, 5.41) is 7.18. The first kappa shape index (κ1) is 18.9. The maximum atomic E-state index is 12.4. The Hall–Kier alpha value is -1.45. The van der Waals surface area contributed by atoms with Gasteiger partial charge in [0.25, 0.3) is 10.0 Å². The van der Waals surface area contributed by atoms with Crippen molar-refractivity contribution in [2.75, 3.05) is 13.1 Å². The Bertz CT molecular complexity index is 665. The number of hydrogen-bond acceptors (Lipinski definition) is 5. The lowest BCUT2D eigenvalue weighted by molar-refractivity contribution is -0.134. The summed E-state index contributed by atoms with van der Waals surface area (Å²) in [5.74, 6) is -0.692. The van der Waals surface area contributed by atoms with Gasteiger partial charge in [-0.15, -0.1) is 11.3 Å². The first-order valence-corrected chi connectivity index (χ1v) is 10.4. The molecule has 1 aliphatic rings. The fraction of sp³-hybridized carbons (Fsp3) is 0.600. The highest BCUT2D eigenvalue weighted by Gasteiger charge is 2.40. The van der Waals surface area contributed by atoms with Gasteiger partial charge in [-0.25, -0.2) is 13.1 Å². The van der Waals surface area contributed by atoms with E-state index in [2.05, 4.69) is 15.4 Å². The molecule has 134 valence electrons. The average Bonchev–Trinajstić information content (AvgIpc) is 3.10. The molecule has 2 rings (SSSR count). The zero-order valence-corrected chi connectivity index (χ0v) is 15.3. The van der Waals surface area contributed by atoms with Gasteiger partial charge in [0.1, 0.15) is 9.75 Å². The molecule has 0 spiro atoms. The van der Waals surface area contributed by atoms with Crippen molar-refractivity contribution in [3.05, 3.63) is 17.5 Å². The fourth-order valence-corrected chi connectivity index (χ4v) is 4.87. The van der Waals surface area contributed by atoms with Crippen LogP contribution in [-0.2, 0) is 19.6 Å². The van der Waals surface area contributed by atoms with Crippen molar-refractivity contribution in [3.63, 3.8) is 0 Å². The van der Waals surface area contributed by atoms with Crippen molar-refractivity contribution in [3.8, 4) is 0 Å². The molecule has 1 heterocycles. The molecule has 9 heteroatoms. The molecule has 1 aromatic heterocycles. The van der Waals surface area contributed by atoms with Gasteiger partial charge in [0.2, 0.25) is 11.8 Å². The van der Waals surface area contributed by atoms with Gasteiger partial charge in [0, 0.05) is 6.54 Å². The zero-order valence-electron chi connectivity index (χ0n) is 13.6. The van der Waals surface area contributed by atoms with E-state index in [1.165, 1.54) is 6.07 Å². The van der Waals surface area contributed by atoms with Crippen molar-refractivity contribution in [1.29, 1.82) is 0 Å². The van der Waals surface area contributed by atoms with Gasteiger partial charge < -0.3 is 10.6 Å². The average molecular weight is 374 g/mol. The Kier molecular flexibility index (Phi) is 6.36. The van der Waals surface area contributed by atoms with Crippen molar-refractivity contribution in [2.24, 2.45) is 0 Å². The molecule has 0 aromatic carbocycles. The zero-order chi connectivity index (χ0) is 17.6. The van der Waals surface area contributed by atoms with Crippen LogP contribution in [0.25, 0.3) is 0 Å². The van der Waals surface area contributed by atoms with E-state index in [1.807, 2.05) is 6.92 Å². The second kappa shape index (κ2) is 8.09. The van der Waals surface area contributed by atoms with Crippen LogP contribution in [0.5, 0.6) is 0 Å². The molecular formula is C15H23N3O4S2. The number of carbonyl (C=O) groups is 2. The van der Waals surface area contributed by atoms with E-state index in [9.17, 15) is 18.0 Å². The lowest BCUT2D eigenvalue weighted by atomic mass is 9.80. The third-order valence-electron chi connectivity index (χ3n) is 4.04. The minimum atomic E-state index is -3.70. The molecule has 0 aliphatic heterocycles. The third-order valence-corrected chi connectivity index (χ3v) is 6.84. The highest BCUT2D eigenvalue weighted by molar-refractivity contribution is 7.91. The van der Waals surface area contributed by atoms with E-state index in [0.717, 1.165) is 30.6 Å². The van der Waals surface area contributed by atoms with Crippen LogP contribution >= 0.6 is 11.3 Å². The van der Waals surface area contributed by atoms with E-state index < -0.39 is 21.5 Å². The summed E-state index contributed by atoms with van der Waals surface area (Å²) < 4.78 is 26.5. The van der Waals surface area contributed by atoms with Crippen LogP contribution in [0.15, 0.2) is 21.7 Å². The smallest absolute Gasteiger partial charge is 0.250 e. The van der Waals surface area contributed by atoms with E-state index in [4.69, 9.17) is 0 Å². The molecule has 0 atom stereocenters. The topological polar surface area (TPSA) is 104 Å². The minimum absolute atomic E-state index is 0.159. The summed E-state index contributed by atoms with van der Waals surface area (Å²) in [4.78, 5) is 24.6. The maximum Gasteiger partial charge on any atom is 0.250 e. The Morgan fingerprint density at radius 2 is 1.96 bits per heavy atom. The van der Waals surface area contributed by atoms with Crippen molar-refractivity contribution in [2.45, 2.75) is 48.8 Å². The molecule has 2 amide bonds. The van der Waals surface area contributed by atoms with Gasteiger partial charge in [-0.1, -0.05) is 25.3 Å². The third kappa shape index (κ3) is 4.55. The first-order chi connectivity index (χ1) is 11.4. The van der Waals surface area contributed by atoms with E-state index >= 15 is 0 Å². The fourth-order valence-electron chi connectivity index (χ4n) is 2.85. The Balaban J connectivity index is 1.99. The SMILES string of the molecule is CCNC(=O)C1(NC(=O)CNS(=O)(=O)c2cccs2)CCCCC1. The summed E-state index contributed by atoms with van der Waals surface area (Å²) in [6.45, 7) is 1.92. The molecule has 0 bridgehead atoms. The van der Waals surface area contributed by atoms with Gasteiger partial charge in [-0.2, -0.15) is 0 Å². The summed E-state index contributed by atoms with van der Waals surface area (Å²) in [6, 6.07) is 3.10. The van der Waals surface area contributed by atoms with E-state index in [1.54, 1.807) is 11.4 Å². The molecular weight excluding hydrogens is 350 g/mol. The number of hydrogen-bond donors (Lipinski definition) is 3. The summed E-state index contributed by atoms with van der Waals surface area (Å²) >= 11 is 1.08. The Labute approximate surface area is 146 Å². The molecule has 0 unspecified atom stereocenters. The van der Waals surface area contributed by atoms with Crippen LogP contribution in [-0.4, -0.2) is 38.9 Å². The van der Waals surface area contributed by atoms with Gasteiger partial charge in [-0.05, 0) is 31.2 Å². The van der Waals surface area contributed by atoms with Gasteiger partial charge in [0.15, 0.2) is 0 Å². The number of nitrogens with one attached hydrogen (secondary N) is 3.